The summed E-state index contributed by atoms with van der Waals surface area (Å²) in [6.07, 6.45) is -11.8. The molecule has 0 aliphatic carbocycles. The largest absolute Gasteiger partial charge is 0.460 e. The van der Waals surface area contributed by atoms with Crippen molar-refractivity contribution in [3.8, 4) is 34.8 Å². The number of aliphatic hydroxyl groups excluding tert-OH is 6. The molecule has 2 aromatic rings. The standard InChI is InChI=1S/C29H34N2O12/c1-28(38)24(36)22(34)20(7-8-32)42-26(28)40-18-5-3-14(9-16(18)11-30)15-4-6-19(17(10-15)12-31)41-27-29(2,39)25(37)23(35)21(13-33)43-27/h3-6,9-10,20-27,32-39H,7-8,13H2,1-2H3/t20-,21-,22-,23-,24+,25+,26+,27+,28+,29+/m1/s1. The van der Waals surface area contributed by atoms with E-state index in [0.29, 0.717) is 11.1 Å². The highest BCUT2D eigenvalue weighted by Gasteiger charge is 2.54. The molecule has 2 saturated heterocycles. The van der Waals surface area contributed by atoms with Crippen LogP contribution in [0.1, 0.15) is 31.4 Å². The fourth-order valence-corrected chi connectivity index (χ4v) is 4.97. The minimum absolute atomic E-state index is 0.000755. The molecule has 2 heterocycles. The topological polar surface area (TPSA) is 246 Å². The molecular formula is C29H34N2O12. The first-order chi connectivity index (χ1) is 20.3. The summed E-state index contributed by atoms with van der Waals surface area (Å²) in [5, 5.41) is 101. The average molecular weight is 603 g/mol. The number of hydrogen-bond donors (Lipinski definition) is 8. The van der Waals surface area contributed by atoms with Crippen molar-refractivity contribution in [3.05, 3.63) is 47.5 Å². The van der Waals surface area contributed by atoms with Gasteiger partial charge in [-0.2, -0.15) is 10.5 Å². The van der Waals surface area contributed by atoms with E-state index >= 15 is 0 Å². The van der Waals surface area contributed by atoms with Crippen molar-refractivity contribution >= 4 is 0 Å². The number of nitrogens with zero attached hydrogens (tertiary/aromatic N) is 2. The van der Waals surface area contributed by atoms with Crippen molar-refractivity contribution in [1.29, 1.82) is 10.5 Å². The van der Waals surface area contributed by atoms with Crippen LogP contribution in [0.4, 0.5) is 0 Å². The average Bonchev–Trinajstić information content (AvgIpc) is 2.99. The monoisotopic (exact) mass is 602 g/mol. The number of ether oxygens (including phenoxy) is 4. The Morgan fingerprint density at radius 2 is 1.16 bits per heavy atom. The van der Waals surface area contributed by atoms with Gasteiger partial charge >= 0.3 is 0 Å². The zero-order chi connectivity index (χ0) is 31.7. The number of hydrogen-bond acceptors (Lipinski definition) is 14. The van der Waals surface area contributed by atoms with Gasteiger partial charge in [-0.15, -0.1) is 0 Å². The highest BCUT2D eigenvalue weighted by molar-refractivity contribution is 5.70. The molecule has 0 radical (unpaired) electrons. The smallest absolute Gasteiger partial charge is 0.231 e. The second-order valence-corrected chi connectivity index (χ2v) is 10.9. The van der Waals surface area contributed by atoms with E-state index in [9.17, 15) is 51.4 Å². The van der Waals surface area contributed by atoms with Crippen LogP contribution in [0.25, 0.3) is 11.1 Å². The van der Waals surface area contributed by atoms with Gasteiger partial charge in [0.05, 0.1) is 23.8 Å². The van der Waals surface area contributed by atoms with Crippen molar-refractivity contribution in [2.45, 2.75) is 80.7 Å². The maximum absolute atomic E-state index is 10.8. The van der Waals surface area contributed by atoms with Crippen molar-refractivity contribution in [3.63, 3.8) is 0 Å². The molecule has 14 nitrogen and oxygen atoms in total. The molecule has 0 amide bonds. The quantitative estimate of drug-likeness (QED) is 0.174. The molecule has 2 aliphatic heterocycles. The normalized spacial score (nSPS) is 35.9. The number of aliphatic hydroxyl groups is 8. The molecule has 14 heteroatoms. The Morgan fingerprint density at radius 1 is 0.744 bits per heavy atom. The lowest BCUT2D eigenvalue weighted by molar-refractivity contribution is -0.314. The van der Waals surface area contributed by atoms with Gasteiger partial charge in [0.25, 0.3) is 0 Å². The zero-order valence-electron chi connectivity index (χ0n) is 23.3. The Hall–Kier alpha value is -3.38. The zero-order valence-corrected chi connectivity index (χ0v) is 23.3. The van der Waals surface area contributed by atoms with Crippen LogP contribution in [0.3, 0.4) is 0 Å². The maximum Gasteiger partial charge on any atom is 0.231 e. The molecule has 0 aromatic heterocycles. The molecule has 43 heavy (non-hydrogen) atoms. The van der Waals surface area contributed by atoms with Crippen molar-refractivity contribution in [2.75, 3.05) is 13.2 Å². The van der Waals surface area contributed by atoms with Gasteiger partial charge in [-0.1, -0.05) is 12.1 Å². The van der Waals surface area contributed by atoms with Crippen LogP contribution in [0.2, 0.25) is 0 Å². The van der Waals surface area contributed by atoms with E-state index in [4.69, 9.17) is 18.9 Å². The molecule has 8 N–H and O–H groups in total. The third-order valence-corrected chi connectivity index (χ3v) is 7.75. The highest BCUT2D eigenvalue weighted by Crippen LogP contribution is 2.37. The summed E-state index contributed by atoms with van der Waals surface area (Å²) in [7, 11) is 0. The summed E-state index contributed by atoms with van der Waals surface area (Å²) >= 11 is 0. The first kappa shape index (κ1) is 32.5. The summed E-state index contributed by atoms with van der Waals surface area (Å²) in [4.78, 5) is 0. The minimum Gasteiger partial charge on any atom is -0.460 e. The van der Waals surface area contributed by atoms with Crippen LogP contribution in [0.5, 0.6) is 11.5 Å². The van der Waals surface area contributed by atoms with Gasteiger partial charge in [0, 0.05) is 6.61 Å². The Morgan fingerprint density at radius 3 is 1.56 bits per heavy atom. The minimum atomic E-state index is -2.09. The lowest BCUT2D eigenvalue weighted by Gasteiger charge is -2.46. The summed E-state index contributed by atoms with van der Waals surface area (Å²) in [6.45, 7) is 1.38. The second-order valence-electron chi connectivity index (χ2n) is 10.9. The fraction of sp³-hybridized carbons (Fsp3) is 0.517. The van der Waals surface area contributed by atoms with Crippen molar-refractivity contribution in [1.82, 2.24) is 0 Å². The number of benzene rings is 2. The molecule has 10 atom stereocenters. The molecule has 232 valence electrons. The Kier molecular flexibility index (Phi) is 9.60. The maximum atomic E-state index is 10.8. The Bertz CT molecular complexity index is 1390. The van der Waals surface area contributed by atoms with E-state index < -0.39 is 67.0 Å². The van der Waals surface area contributed by atoms with Crippen LogP contribution in [0.15, 0.2) is 36.4 Å². The molecule has 0 saturated carbocycles. The predicted molar refractivity (Wildman–Crippen MR) is 144 cm³/mol. The predicted octanol–water partition coefficient (Wildman–Crippen LogP) is -1.38. The summed E-state index contributed by atoms with van der Waals surface area (Å²) in [5.41, 5.74) is -3.17. The molecule has 2 aromatic carbocycles. The Balaban J connectivity index is 1.58. The van der Waals surface area contributed by atoms with Crippen LogP contribution in [0, 0.1) is 22.7 Å². The first-order valence-corrected chi connectivity index (χ1v) is 13.4. The van der Waals surface area contributed by atoms with Gasteiger partial charge in [0.1, 0.15) is 54.2 Å². The number of rotatable bonds is 8. The molecule has 2 aliphatic rings. The summed E-state index contributed by atoms with van der Waals surface area (Å²) in [5.74, 6) is -0.0219. The van der Waals surface area contributed by atoms with Gasteiger partial charge < -0.3 is 59.8 Å². The van der Waals surface area contributed by atoms with Gasteiger partial charge in [-0.3, -0.25) is 0 Å². The molecule has 0 unspecified atom stereocenters. The van der Waals surface area contributed by atoms with Crippen LogP contribution in [-0.4, -0.2) is 114 Å². The Labute approximate surface area is 246 Å². The van der Waals surface area contributed by atoms with E-state index in [-0.39, 0.29) is 35.7 Å². The molecule has 0 bridgehead atoms. The molecule has 4 rings (SSSR count). The van der Waals surface area contributed by atoms with Gasteiger partial charge in [-0.25, -0.2) is 0 Å². The van der Waals surface area contributed by atoms with Crippen molar-refractivity contribution in [2.24, 2.45) is 0 Å². The molecular weight excluding hydrogens is 568 g/mol. The van der Waals surface area contributed by atoms with E-state index in [1.165, 1.54) is 38.1 Å². The first-order valence-electron chi connectivity index (χ1n) is 13.4. The van der Waals surface area contributed by atoms with E-state index in [0.717, 1.165) is 0 Å². The molecule has 2 fully saturated rings. The second kappa shape index (κ2) is 12.7. The lowest BCUT2D eigenvalue weighted by Crippen LogP contribution is -2.66. The van der Waals surface area contributed by atoms with Crippen LogP contribution < -0.4 is 9.47 Å². The lowest BCUT2D eigenvalue weighted by atomic mass is 9.87. The summed E-state index contributed by atoms with van der Waals surface area (Å²) in [6, 6.07) is 12.8. The van der Waals surface area contributed by atoms with E-state index in [1.807, 2.05) is 12.1 Å². The molecule has 0 spiro atoms. The third kappa shape index (κ3) is 6.17. The van der Waals surface area contributed by atoms with Crippen LogP contribution >= 0.6 is 0 Å². The highest BCUT2D eigenvalue weighted by atomic mass is 16.7. The van der Waals surface area contributed by atoms with Crippen molar-refractivity contribution < 1.29 is 59.8 Å². The summed E-state index contributed by atoms with van der Waals surface area (Å²) < 4.78 is 22.5. The van der Waals surface area contributed by atoms with E-state index in [1.54, 1.807) is 12.1 Å². The van der Waals surface area contributed by atoms with Gasteiger partial charge in [0.15, 0.2) is 11.2 Å². The number of nitriles is 2. The van der Waals surface area contributed by atoms with Crippen LogP contribution in [-0.2, 0) is 9.47 Å². The van der Waals surface area contributed by atoms with Gasteiger partial charge in [-0.05, 0) is 55.7 Å². The third-order valence-electron chi connectivity index (χ3n) is 7.75. The van der Waals surface area contributed by atoms with E-state index in [2.05, 4.69) is 0 Å². The SMILES string of the molecule is C[C@@]1(O)[C@@H](Oc2ccc(-c3ccc(O[C@H]4O[C@H](CCO)[C@@H](O)[C@H](O)[C@]4(C)O)c(C#N)c3)cc2C#N)O[C@H](CO)[C@@H](O)[C@@H]1O. The van der Waals surface area contributed by atoms with Gasteiger partial charge in [0.2, 0.25) is 12.6 Å². The fourth-order valence-electron chi connectivity index (χ4n) is 4.97.